The Morgan fingerprint density at radius 3 is 1.39 bits per heavy atom. The number of benzene rings is 4. The maximum absolute atomic E-state index is 2.89. The Hall–Kier alpha value is -2.83. The molecule has 0 nitrogen and oxygen atoms in total. The van der Waals surface area contributed by atoms with Crippen molar-refractivity contribution in [3.8, 4) is 11.1 Å². The van der Waals surface area contributed by atoms with Gasteiger partial charge in [0, 0.05) is 0 Å². The van der Waals surface area contributed by atoms with Gasteiger partial charge in [0.1, 0.15) is 0 Å². The fourth-order valence-electron chi connectivity index (χ4n) is 9.47. The Labute approximate surface area is 314 Å². The van der Waals surface area contributed by atoms with E-state index in [-0.39, 0.29) is 35.6 Å². The van der Waals surface area contributed by atoms with Gasteiger partial charge in [-0.3, -0.25) is 0 Å². The predicted octanol–water partition coefficient (Wildman–Crippen LogP) is 5.91. The monoisotopic (exact) mass is 758 g/mol. The summed E-state index contributed by atoms with van der Waals surface area (Å²) in [6.07, 6.45) is 7.53. The summed E-state index contributed by atoms with van der Waals surface area (Å²) in [6.45, 7) is 21.5. The number of rotatable bonds is 4. The van der Waals surface area contributed by atoms with Crippen molar-refractivity contribution in [3.05, 3.63) is 162 Å². The zero-order valence-electron chi connectivity index (χ0n) is 30.2. The van der Waals surface area contributed by atoms with E-state index in [9.17, 15) is 0 Å². The zero-order valence-corrected chi connectivity index (χ0v) is 34.2. The summed E-state index contributed by atoms with van der Waals surface area (Å²) in [5, 5.41) is 0. The third kappa shape index (κ3) is 5.55. The molecule has 4 aromatic carbocycles. The Balaban J connectivity index is 0.00000208. The van der Waals surface area contributed by atoms with Gasteiger partial charge in [0.05, 0.1) is 0 Å². The van der Waals surface area contributed by atoms with Gasteiger partial charge in [-0.2, -0.15) is 0 Å². The molecule has 4 aliphatic rings. The predicted molar refractivity (Wildman–Crippen MR) is 199 cm³/mol. The van der Waals surface area contributed by atoms with Crippen molar-refractivity contribution < 1.29 is 46.1 Å². The van der Waals surface area contributed by atoms with E-state index < -0.39 is 21.3 Å². The Bertz CT molecular complexity index is 2040. The van der Waals surface area contributed by atoms with Gasteiger partial charge in [0.15, 0.2) is 0 Å². The van der Waals surface area contributed by atoms with Crippen LogP contribution in [0.25, 0.3) is 22.3 Å². The normalized spacial score (nSPS) is 18.9. The number of hydrogen-bond acceptors (Lipinski definition) is 0. The molecule has 0 saturated carbocycles. The van der Waals surface area contributed by atoms with Crippen molar-refractivity contribution in [3.63, 3.8) is 0 Å². The van der Waals surface area contributed by atoms with Crippen LogP contribution in [0.1, 0.15) is 110 Å². The standard InChI is InChI=1S/C25H25.C13H10.C8H11.2ClH.Zr/c1-14-12-24(3,4)22-8-16-7-17-9-23-19(15(2)13-25(23,5)6)11-21(17)20(16)10-18(14)22;1-3-7-12(8-4-1)11-13-9-5-2-6-10-13;1-6-4-7(2)8(3)5-6;;;/h7-13H,1-6H3;1-10H;4,6H,1-3H3;2*1H;/q;;;;;+2/p-2. The molecule has 0 amide bonds. The molecule has 4 aromatic rings. The molecule has 49 heavy (non-hydrogen) atoms. The maximum atomic E-state index is 2.67. The van der Waals surface area contributed by atoms with E-state index in [1.54, 1.807) is 23.2 Å². The second kappa shape index (κ2) is 12.7. The van der Waals surface area contributed by atoms with Gasteiger partial charge in [-0.15, -0.1) is 0 Å². The number of halogens is 2. The van der Waals surface area contributed by atoms with Gasteiger partial charge in [0.25, 0.3) is 0 Å². The third-order valence-electron chi connectivity index (χ3n) is 11.6. The van der Waals surface area contributed by atoms with Crippen molar-refractivity contribution in [2.45, 2.75) is 76.8 Å². The quantitative estimate of drug-likeness (QED) is 0.243. The third-order valence-corrected chi connectivity index (χ3v) is 20.8. The molecule has 3 heteroatoms. The van der Waals surface area contributed by atoms with Gasteiger partial charge < -0.3 is 24.8 Å². The number of allylic oxidation sites excluding steroid dienone is 8. The van der Waals surface area contributed by atoms with Gasteiger partial charge in [-0.1, -0.05) is 0 Å². The molecule has 248 valence electrons. The van der Waals surface area contributed by atoms with E-state index in [2.05, 4.69) is 165 Å². The summed E-state index contributed by atoms with van der Waals surface area (Å²) < 4.78 is 3.78. The topological polar surface area (TPSA) is 0 Å². The first-order chi connectivity index (χ1) is 22.4. The molecule has 8 rings (SSSR count). The zero-order chi connectivity index (χ0) is 33.0. The van der Waals surface area contributed by atoms with Crippen molar-refractivity contribution >= 4 is 14.4 Å². The van der Waals surface area contributed by atoms with E-state index in [0.29, 0.717) is 9.54 Å². The first-order valence-corrected chi connectivity index (χ1v) is 21.3. The van der Waals surface area contributed by atoms with Crippen LogP contribution >= 0.6 is 0 Å². The molecule has 0 aliphatic heterocycles. The molecule has 0 heterocycles. The van der Waals surface area contributed by atoms with Crippen molar-refractivity contribution in [2.75, 3.05) is 0 Å². The van der Waals surface area contributed by atoms with Crippen LogP contribution in [0, 0.1) is 5.92 Å². The summed E-state index contributed by atoms with van der Waals surface area (Å²) in [5.74, 6) is 0.448. The summed E-state index contributed by atoms with van der Waals surface area (Å²) in [6, 6.07) is 33.4. The Kier molecular flexibility index (Phi) is 9.36. The summed E-state index contributed by atoms with van der Waals surface area (Å²) >= 11 is -2.89. The van der Waals surface area contributed by atoms with Crippen LogP contribution < -0.4 is 24.8 Å². The molecular weight excluding hydrogens is 715 g/mol. The summed E-state index contributed by atoms with van der Waals surface area (Å²) in [5.41, 5.74) is 20.7. The average Bonchev–Trinajstić information content (AvgIpc) is 3.65. The van der Waals surface area contributed by atoms with Crippen LogP contribution in [0.2, 0.25) is 0 Å². The summed E-state index contributed by atoms with van der Waals surface area (Å²) in [7, 11) is 0. The minimum Gasteiger partial charge on any atom is -1.00 e. The molecular formula is C46H46Cl2Zr. The second-order valence-electron chi connectivity index (χ2n) is 15.7. The van der Waals surface area contributed by atoms with E-state index in [0.717, 1.165) is 0 Å². The van der Waals surface area contributed by atoms with Crippen LogP contribution in [0.3, 0.4) is 0 Å². The largest absolute Gasteiger partial charge is 1.00 e. The van der Waals surface area contributed by atoms with Gasteiger partial charge in [-0.25, -0.2) is 0 Å². The number of hydrogen-bond donors (Lipinski definition) is 0. The molecule has 1 atom stereocenters. The smallest absolute Gasteiger partial charge is 1.00 e. The van der Waals surface area contributed by atoms with E-state index in [4.69, 9.17) is 0 Å². The van der Waals surface area contributed by atoms with Crippen molar-refractivity contribution in [1.82, 2.24) is 0 Å². The molecule has 4 aliphatic carbocycles. The first-order valence-electron chi connectivity index (χ1n) is 17.4. The van der Waals surface area contributed by atoms with Crippen LogP contribution in [-0.4, -0.2) is 3.21 Å². The molecule has 0 fully saturated rings. The number of fused-ring (bicyclic) bond motifs is 5. The average molecular weight is 761 g/mol. The maximum Gasteiger partial charge on any atom is -1.00 e. The Morgan fingerprint density at radius 1 is 0.571 bits per heavy atom. The fourth-order valence-corrected chi connectivity index (χ4v) is 19.5. The van der Waals surface area contributed by atoms with Crippen molar-refractivity contribution in [1.29, 1.82) is 0 Å². The Morgan fingerprint density at radius 2 is 1.00 bits per heavy atom. The minimum absolute atomic E-state index is 0. The molecule has 1 unspecified atom stereocenters. The van der Waals surface area contributed by atoms with Gasteiger partial charge in [0.2, 0.25) is 0 Å². The van der Waals surface area contributed by atoms with Gasteiger partial charge >= 0.3 is 292 Å². The first kappa shape index (κ1) is 36.0. The molecule has 0 saturated heterocycles. The van der Waals surface area contributed by atoms with Gasteiger partial charge in [-0.05, 0) is 0 Å². The summed E-state index contributed by atoms with van der Waals surface area (Å²) in [4.78, 5) is 0. The SMILES string of the molecule is CC1=CC(C)[C]([Zr+2](=[C](c2ccccc2)c2ccccc2)[CH]2c3cc4c(cc3-c3cc5c(cc32)C(C)(C)C=C5C)C(C)=CC4(C)C)=C1C.[Cl-].[Cl-]. The van der Waals surface area contributed by atoms with E-state index in [1.807, 2.05) is 0 Å². The molecule has 0 N–H and O–H groups in total. The molecule has 0 radical (unpaired) electrons. The minimum atomic E-state index is -2.89. The van der Waals surface area contributed by atoms with Crippen LogP contribution in [-0.2, 0) is 32.1 Å². The van der Waals surface area contributed by atoms with Crippen LogP contribution in [0.15, 0.2) is 118 Å². The fraction of sp³-hybridized carbons (Fsp3) is 0.283. The second-order valence-corrected chi connectivity index (χ2v) is 21.7. The van der Waals surface area contributed by atoms with Crippen molar-refractivity contribution in [2.24, 2.45) is 5.92 Å². The molecule has 0 bridgehead atoms. The molecule has 0 aromatic heterocycles. The van der Waals surface area contributed by atoms with Crippen LogP contribution in [0.4, 0.5) is 0 Å². The van der Waals surface area contributed by atoms with Crippen LogP contribution in [0.5, 0.6) is 0 Å². The molecule has 0 spiro atoms. The van der Waals surface area contributed by atoms with E-state index >= 15 is 0 Å². The van der Waals surface area contributed by atoms with E-state index in [1.165, 1.54) is 61.2 Å².